The van der Waals surface area contributed by atoms with Crippen LogP contribution in [-0.4, -0.2) is 12.2 Å². The predicted octanol–water partition coefficient (Wildman–Crippen LogP) is 3.66. The van der Waals surface area contributed by atoms with Crippen molar-refractivity contribution in [2.24, 2.45) is 0 Å². The normalized spacial score (nSPS) is 12.7. The summed E-state index contributed by atoms with van der Waals surface area (Å²) in [5, 5.41) is 10.9. The summed E-state index contributed by atoms with van der Waals surface area (Å²) in [5.74, 6) is 0. The molecule has 0 aliphatic rings. The highest BCUT2D eigenvalue weighted by molar-refractivity contribution is 9.11. The Morgan fingerprint density at radius 3 is 2.40 bits per heavy atom. The second kappa shape index (κ2) is 4.65. The molecule has 0 spiro atoms. The van der Waals surface area contributed by atoms with Crippen molar-refractivity contribution in [3.63, 3.8) is 0 Å². The Morgan fingerprint density at radius 1 is 1.20 bits per heavy atom. The number of methoxy groups -OCH3 is 1. The Morgan fingerprint density at radius 2 is 1.87 bits per heavy atom. The van der Waals surface area contributed by atoms with Crippen LogP contribution in [0, 0.1) is 0 Å². The highest BCUT2D eigenvalue weighted by Crippen LogP contribution is 2.36. The third-order valence-corrected chi connectivity index (χ3v) is 4.71. The van der Waals surface area contributed by atoms with Crippen LogP contribution in [0.3, 0.4) is 0 Å². The lowest BCUT2D eigenvalue weighted by atomic mass is 10.2. The Balaban J connectivity index is 2.23. The maximum absolute atomic E-state index is 10.1. The van der Waals surface area contributed by atoms with Gasteiger partial charge < -0.3 is 9.84 Å². The number of hydrogen-bond acceptors (Lipinski definition) is 4. The number of thiophene rings is 2. The zero-order valence-corrected chi connectivity index (χ0v) is 11.2. The summed E-state index contributed by atoms with van der Waals surface area (Å²) in [4.78, 5) is 1.84. The molecule has 0 saturated heterocycles. The number of rotatable bonds is 3. The Labute approximate surface area is 104 Å². The van der Waals surface area contributed by atoms with E-state index >= 15 is 0 Å². The Kier molecular flexibility index (Phi) is 3.45. The molecule has 0 aliphatic heterocycles. The average molecular weight is 305 g/mol. The van der Waals surface area contributed by atoms with E-state index in [4.69, 9.17) is 4.74 Å². The fourth-order valence-corrected chi connectivity index (χ4v) is 3.54. The van der Waals surface area contributed by atoms with Gasteiger partial charge in [-0.05, 0) is 40.2 Å². The van der Waals surface area contributed by atoms with Crippen molar-refractivity contribution in [1.82, 2.24) is 0 Å². The Bertz CT molecular complexity index is 450. The first-order chi connectivity index (χ1) is 7.20. The summed E-state index contributed by atoms with van der Waals surface area (Å²) >= 11 is 6.38. The van der Waals surface area contributed by atoms with Gasteiger partial charge in [-0.15, -0.1) is 22.7 Å². The molecule has 2 aromatic heterocycles. The molecule has 80 valence electrons. The molecule has 1 unspecified atom stereocenters. The first-order valence-corrected chi connectivity index (χ1v) is 6.70. The van der Waals surface area contributed by atoms with Gasteiger partial charge in [0.1, 0.15) is 6.10 Å². The second-order valence-electron chi connectivity index (χ2n) is 2.91. The van der Waals surface area contributed by atoms with Gasteiger partial charge >= 0.3 is 0 Å². The minimum Gasteiger partial charge on any atom is -0.487 e. The van der Waals surface area contributed by atoms with Gasteiger partial charge in [0.15, 0.2) is 5.06 Å². The molecule has 15 heavy (non-hydrogen) atoms. The Hall–Kier alpha value is -0.360. The fraction of sp³-hybridized carbons (Fsp3) is 0.200. The zero-order valence-electron chi connectivity index (χ0n) is 7.94. The van der Waals surface area contributed by atoms with Crippen LogP contribution in [0.2, 0.25) is 0 Å². The van der Waals surface area contributed by atoms with Crippen molar-refractivity contribution < 1.29 is 9.84 Å². The van der Waals surface area contributed by atoms with E-state index in [1.165, 1.54) is 11.3 Å². The van der Waals surface area contributed by atoms with Crippen molar-refractivity contribution in [2.45, 2.75) is 6.10 Å². The van der Waals surface area contributed by atoms with Gasteiger partial charge in [0, 0.05) is 9.75 Å². The summed E-state index contributed by atoms with van der Waals surface area (Å²) in [6, 6.07) is 7.62. The van der Waals surface area contributed by atoms with Gasteiger partial charge in [0.2, 0.25) is 0 Å². The summed E-state index contributed by atoms with van der Waals surface area (Å²) < 4.78 is 6.12. The van der Waals surface area contributed by atoms with Gasteiger partial charge in [0.05, 0.1) is 10.9 Å². The lowest BCUT2D eigenvalue weighted by Gasteiger charge is -2.04. The van der Waals surface area contributed by atoms with Crippen molar-refractivity contribution in [3.8, 4) is 5.06 Å². The smallest absolute Gasteiger partial charge is 0.173 e. The molecule has 2 nitrogen and oxygen atoms in total. The molecular weight excluding hydrogens is 296 g/mol. The molecule has 1 atom stereocenters. The maximum atomic E-state index is 10.1. The third kappa shape index (κ3) is 2.42. The molecule has 0 aromatic carbocycles. The van der Waals surface area contributed by atoms with E-state index in [0.717, 1.165) is 18.6 Å². The molecule has 0 amide bonds. The minimum atomic E-state index is -0.546. The van der Waals surface area contributed by atoms with Crippen LogP contribution in [0.1, 0.15) is 15.9 Å². The van der Waals surface area contributed by atoms with Crippen LogP contribution in [0.4, 0.5) is 0 Å². The molecule has 0 bridgehead atoms. The van der Waals surface area contributed by atoms with E-state index in [1.807, 2.05) is 24.3 Å². The highest BCUT2D eigenvalue weighted by Gasteiger charge is 2.15. The third-order valence-electron chi connectivity index (χ3n) is 1.94. The van der Waals surface area contributed by atoms with Crippen LogP contribution in [0.5, 0.6) is 5.06 Å². The van der Waals surface area contributed by atoms with Crippen LogP contribution in [0.25, 0.3) is 0 Å². The van der Waals surface area contributed by atoms with E-state index in [1.54, 1.807) is 18.4 Å². The van der Waals surface area contributed by atoms with Crippen LogP contribution < -0.4 is 4.74 Å². The molecule has 0 radical (unpaired) electrons. The summed E-state index contributed by atoms with van der Waals surface area (Å²) in [7, 11) is 1.63. The lowest BCUT2D eigenvalue weighted by molar-refractivity contribution is 0.228. The summed E-state index contributed by atoms with van der Waals surface area (Å²) in [5.41, 5.74) is 0. The molecule has 2 rings (SSSR count). The van der Waals surface area contributed by atoms with Gasteiger partial charge in [-0.3, -0.25) is 0 Å². The van der Waals surface area contributed by atoms with E-state index < -0.39 is 6.10 Å². The van der Waals surface area contributed by atoms with Crippen molar-refractivity contribution in [2.75, 3.05) is 7.11 Å². The van der Waals surface area contributed by atoms with E-state index in [2.05, 4.69) is 15.9 Å². The fourth-order valence-electron chi connectivity index (χ4n) is 1.21. The average Bonchev–Trinajstić information content (AvgIpc) is 2.84. The molecule has 0 saturated carbocycles. The minimum absolute atomic E-state index is 0.546. The molecule has 0 aliphatic carbocycles. The van der Waals surface area contributed by atoms with E-state index in [0.29, 0.717) is 0 Å². The summed E-state index contributed by atoms with van der Waals surface area (Å²) in [6.07, 6.45) is -0.546. The number of aliphatic hydroxyl groups excluding tert-OH is 1. The van der Waals surface area contributed by atoms with E-state index in [-0.39, 0.29) is 0 Å². The molecule has 0 fully saturated rings. The number of aliphatic hydroxyl groups is 1. The SMILES string of the molecule is COc1ccc(C(O)c2ccc(Br)s2)s1. The first-order valence-electron chi connectivity index (χ1n) is 4.27. The molecule has 2 heterocycles. The lowest BCUT2D eigenvalue weighted by Crippen LogP contribution is -1.92. The summed E-state index contributed by atoms with van der Waals surface area (Å²) in [6.45, 7) is 0. The monoisotopic (exact) mass is 304 g/mol. The quantitative estimate of drug-likeness (QED) is 0.937. The predicted molar refractivity (Wildman–Crippen MR) is 67.0 cm³/mol. The maximum Gasteiger partial charge on any atom is 0.173 e. The van der Waals surface area contributed by atoms with E-state index in [9.17, 15) is 5.11 Å². The van der Waals surface area contributed by atoms with Crippen molar-refractivity contribution in [3.05, 3.63) is 37.8 Å². The van der Waals surface area contributed by atoms with Crippen LogP contribution in [0.15, 0.2) is 28.1 Å². The number of ether oxygens (including phenoxy) is 1. The molecule has 1 N–H and O–H groups in total. The van der Waals surface area contributed by atoms with Gasteiger partial charge in [-0.25, -0.2) is 0 Å². The van der Waals surface area contributed by atoms with Crippen molar-refractivity contribution >= 4 is 38.6 Å². The zero-order chi connectivity index (χ0) is 10.8. The van der Waals surface area contributed by atoms with Gasteiger partial charge in [-0.1, -0.05) is 0 Å². The number of halogens is 1. The molecule has 5 heteroatoms. The second-order valence-corrected chi connectivity index (χ2v) is 6.48. The molecular formula is C10H9BrO2S2. The molecule has 2 aromatic rings. The number of hydrogen-bond donors (Lipinski definition) is 1. The largest absolute Gasteiger partial charge is 0.487 e. The first kappa shape index (κ1) is 11.1. The van der Waals surface area contributed by atoms with Gasteiger partial charge in [-0.2, -0.15) is 0 Å². The topological polar surface area (TPSA) is 29.5 Å². The highest BCUT2D eigenvalue weighted by atomic mass is 79.9. The van der Waals surface area contributed by atoms with Crippen LogP contribution in [-0.2, 0) is 0 Å². The standard InChI is InChI=1S/C10H9BrO2S2/c1-13-9-5-3-7(15-9)10(12)6-2-4-8(11)14-6/h2-5,10,12H,1H3. The van der Waals surface area contributed by atoms with Gasteiger partial charge in [0.25, 0.3) is 0 Å². The van der Waals surface area contributed by atoms with Crippen molar-refractivity contribution in [1.29, 1.82) is 0 Å². The van der Waals surface area contributed by atoms with Crippen LogP contribution >= 0.6 is 38.6 Å².